The summed E-state index contributed by atoms with van der Waals surface area (Å²) in [6.07, 6.45) is 0. The van der Waals surface area contributed by atoms with Gasteiger partial charge in [-0.25, -0.2) is 0 Å². The third kappa shape index (κ3) is 2.67. The van der Waals surface area contributed by atoms with Gasteiger partial charge in [-0.1, -0.05) is 0 Å². The zero-order valence-electron chi connectivity index (χ0n) is 2.45. The topological polar surface area (TPSA) is 0 Å². The van der Waals surface area contributed by atoms with Gasteiger partial charge >= 0.3 is 62.3 Å². The second-order valence-corrected chi connectivity index (χ2v) is 19.1. The van der Waals surface area contributed by atoms with E-state index in [0.717, 1.165) is 25.4 Å². The Morgan fingerprint density at radius 3 is 1.17 bits per heavy atom. The van der Waals surface area contributed by atoms with Gasteiger partial charge in [-0.3, -0.25) is 0 Å². The van der Waals surface area contributed by atoms with Crippen LogP contribution in [0.3, 0.4) is 0 Å². The van der Waals surface area contributed by atoms with Crippen molar-refractivity contribution in [2.24, 2.45) is 0 Å². The van der Waals surface area contributed by atoms with Crippen LogP contribution in [0.2, 0.25) is 0 Å². The van der Waals surface area contributed by atoms with Crippen LogP contribution in [-0.4, -0.2) is 25.4 Å². The van der Waals surface area contributed by atoms with Crippen LogP contribution in [0.25, 0.3) is 0 Å². The molecule has 1 aliphatic heterocycles. The first-order valence-corrected chi connectivity index (χ1v) is 13.4. The average Bonchev–Trinajstić information content (AvgIpc) is 1.72. The van der Waals surface area contributed by atoms with E-state index in [4.69, 9.17) is 0 Å². The SMILES string of the molecule is S1S[Se]SS[Se]1. The van der Waals surface area contributed by atoms with Gasteiger partial charge in [-0.15, -0.1) is 0 Å². The Morgan fingerprint density at radius 2 is 1.00 bits per heavy atom. The summed E-state index contributed by atoms with van der Waals surface area (Å²) in [4.78, 5) is 0. The van der Waals surface area contributed by atoms with Crippen molar-refractivity contribution in [3.05, 3.63) is 0 Å². The molecule has 0 N–H and O–H groups in total. The molecule has 1 saturated heterocycles. The Kier molecular flexibility index (Phi) is 4.73. The first-order chi connectivity index (χ1) is 3.00. The second kappa shape index (κ2) is 4.33. The normalized spacial score (nSPS) is 24.0. The van der Waals surface area contributed by atoms with Crippen LogP contribution in [0.1, 0.15) is 0 Å². The molecule has 1 fully saturated rings. The molecule has 0 spiro atoms. The van der Waals surface area contributed by atoms with Crippen molar-refractivity contribution in [2.75, 3.05) is 0 Å². The van der Waals surface area contributed by atoms with E-state index < -0.39 is 0 Å². The number of hydrogen-bond acceptors (Lipinski definition) is 4. The fraction of sp³-hybridized carbons (Fsp3) is 0. The van der Waals surface area contributed by atoms with Gasteiger partial charge in [0.15, 0.2) is 0 Å². The summed E-state index contributed by atoms with van der Waals surface area (Å²) in [5.74, 6) is 0. The minimum atomic E-state index is 0.829. The Labute approximate surface area is 61.5 Å². The Balaban J connectivity index is 2.00. The van der Waals surface area contributed by atoms with Crippen molar-refractivity contribution in [1.29, 1.82) is 0 Å². The van der Waals surface area contributed by atoms with E-state index in [1.807, 2.05) is 36.8 Å². The first-order valence-electron chi connectivity index (χ1n) is 1.00. The summed E-state index contributed by atoms with van der Waals surface area (Å²) in [7, 11) is 8.18. The van der Waals surface area contributed by atoms with Gasteiger partial charge in [0.1, 0.15) is 0 Å². The molecule has 0 amide bonds. The monoisotopic (exact) mass is 288 g/mol. The van der Waals surface area contributed by atoms with Crippen molar-refractivity contribution in [1.82, 2.24) is 0 Å². The molecule has 0 unspecified atom stereocenters. The fourth-order valence-corrected chi connectivity index (χ4v) is 42.6. The van der Waals surface area contributed by atoms with Gasteiger partial charge < -0.3 is 0 Å². The van der Waals surface area contributed by atoms with Gasteiger partial charge in [-0.2, -0.15) is 0 Å². The van der Waals surface area contributed by atoms with Gasteiger partial charge in [0.25, 0.3) is 0 Å². The molecule has 6 heavy (non-hydrogen) atoms. The van der Waals surface area contributed by atoms with Crippen LogP contribution >= 0.6 is 36.8 Å². The van der Waals surface area contributed by atoms with E-state index in [2.05, 4.69) is 0 Å². The second-order valence-electron chi connectivity index (χ2n) is 0.408. The van der Waals surface area contributed by atoms with Gasteiger partial charge in [0.05, 0.1) is 0 Å². The van der Waals surface area contributed by atoms with Crippen LogP contribution in [0.4, 0.5) is 0 Å². The minimum absolute atomic E-state index is 0.829. The van der Waals surface area contributed by atoms with Crippen molar-refractivity contribution in [2.45, 2.75) is 0 Å². The Morgan fingerprint density at radius 1 is 0.667 bits per heavy atom. The summed E-state index contributed by atoms with van der Waals surface area (Å²) in [5, 5.41) is 0. The molecule has 0 aliphatic carbocycles. The van der Waals surface area contributed by atoms with E-state index in [1.54, 1.807) is 0 Å². The summed E-state index contributed by atoms with van der Waals surface area (Å²) in [6, 6.07) is 0. The molecule has 1 aliphatic rings. The van der Waals surface area contributed by atoms with Crippen LogP contribution in [0, 0.1) is 0 Å². The summed E-state index contributed by atoms with van der Waals surface area (Å²) < 4.78 is 0. The molecule has 0 atom stereocenters. The number of rotatable bonds is 0. The van der Waals surface area contributed by atoms with Crippen LogP contribution in [0.15, 0.2) is 0 Å². The predicted octanol–water partition coefficient (Wildman–Crippen LogP) is 1.83. The predicted molar refractivity (Wildman–Crippen MR) is 41.9 cm³/mol. The molecule has 1 rings (SSSR count). The molecule has 0 saturated carbocycles. The molecular formula is S4Se2. The summed E-state index contributed by atoms with van der Waals surface area (Å²) in [5.41, 5.74) is 0. The quantitative estimate of drug-likeness (QED) is 0.492. The van der Waals surface area contributed by atoms with E-state index >= 15 is 0 Å². The third-order valence-electron chi connectivity index (χ3n) is 0.167. The van der Waals surface area contributed by atoms with Crippen LogP contribution < -0.4 is 0 Å². The Hall–Kier alpha value is 2.44. The fourth-order valence-electron chi connectivity index (χ4n) is 0.0680. The molecule has 0 bridgehead atoms. The van der Waals surface area contributed by atoms with Gasteiger partial charge in [-0.05, 0) is 0 Å². The molecule has 0 aromatic carbocycles. The van der Waals surface area contributed by atoms with E-state index in [0.29, 0.717) is 0 Å². The van der Waals surface area contributed by atoms with E-state index in [-0.39, 0.29) is 0 Å². The van der Waals surface area contributed by atoms with Crippen molar-refractivity contribution >= 4 is 62.3 Å². The molecule has 36 valence electrons. The van der Waals surface area contributed by atoms with E-state index in [1.165, 1.54) is 0 Å². The maximum absolute atomic E-state index is 2.04. The third-order valence-corrected chi connectivity index (χ3v) is 29.1. The molecule has 0 aromatic rings. The zero-order valence-corrected chi connectivity index (χ0v) is 9.14. The summed E-state index contributed by atoms with van der Waals surface area (Å²) in [6.45, 7) is 0. The standard InChI is InChI=1S/S4Se2/c1-2-6-4-3-5-1. The zero-order chi connectivity index (χ0) is 4.24. The molecule has 0 nitrogen and oxygen atoms in total. The summed E-state index contributed by atoms with van der Waals surface area (Å²) >= 11 is 1.66. The molecule has 1 heterocycles. The molecular weight excluding hydrogens is 286 g/mol. The van der Waals surface area contributed by atoms with Crippen molar-refractivity contribution in [3.63, 3.8) is 0 Å². The molecule has 0 aromatic heterocycles. The maximum atomic E-state index is 2.04. The van der Waals surface area contributed by atoms with Crippen LogP contribution in [0.5, 0.6) is 0 Å². The first kappa shape index (κ1) is 6.56. The number of hydrogen-bond donors (Lipinski definition) is 0. The molecule has 6 heteroatoms. The van der Waals surface area contributed by atoms with E-state index in [9.17, 15) is 0 Å². The Bertz CT molecular complexity index is 21.0. The average molecular weight is 286 g/mol. The van der Waals surface area contributed by atoms with Crippen molar-refractivity contribution < 1.29 is 0 Å². The van der Waals surface area contributed by atoms with Crippen molar-refractivity contribution in [3.8, 4) is 0 Å². The van der Waals surface area contributed by atoms with Gasteiger partial charge in [0.2, 0.25) is 0 Å². The molecule has 0 radical (unpaired) electrons. The van der Waals surface area contributed by atoms with Crippen LogP contribution in [-0.2, 0) is 0 Å². The van der Waals surface area contributed by atoms with Gasteiger partial charge in [0, 0.05) is 0 Å².